The highest BCUT2D eigenvalue weighted by atomic mass is 32.2. The predicted octanol–water partition coefficient (Wildman–Crippen LogP) is 2.48. The third kappa shape index (κ3) is 6.93. The zero-order valence-corrected chi connectivity index (χ0v) is 12.5. The van der Waals surface area contributed by atoms with Crippen molar-refractivity contribution < 1.29 is 0 Å². The summed E-state index contributed by atoms with van der Waals surface area (Å²) in [6, 6.07) is 4.32. The molecule has 0 aliphatic heterocycles. The van der Waals surface area contributed by atoms with E-state index in [0.29, 0.717) is 0 Å². The molecule has 0 fully saturated rings. The molecule has 18 heavy (non-hydrogen) atoms. The Morgan fingerprint density at radius 1 is 1.00 bits per heavy atom. The van der Waals surface area contributed by atoms with Gasteiger partial charge in [-0.25, -0.2) is 0 Å². The summed E-state index contributed by atoms with van der Waals surface area (Å²) in [7, 11) is 0. The van der Waals surface area contributed by atoms with Crippen LogP contribution in [0.1, 0.15) is 16.2 Å². The Morgan fingerprint density at radius 3 is 2.17 bits per heavy atom. The van der Waals surface area contributed by atoms with Gasteiger partial charge in [-0.2, -0.15) is 0 Å². The third-order valence-corrected chi connectivity index (χ3v) is 4.88. The van der Waals surface area contributed by atoms with E-state index in [0.717, 1.165) is 30.8 Å². The second-order valence-corrected chi connectivity index (χ2v) is 7.17. The van der Waals surface area contributed by atoms with Gasteiger partial charge in [0.15, 0.2) is 10.3 Å². The van der Waals surface area contributed by atoms with Gasteiger partial charge in [-0.3, -0.25) is 10.8 Å². The molecule has 100 valence electrons. The first kappa shape index (κ1) is 15.4. The number of thioether (sulfide) groups is 2. The van der Waals surface area contributed by atoms with Crippen molar-refractivity contribution in [3.05, 3.63) is 21.9 Å². The van der Waals surface area contributed by atoms with Crippen molar-refractivity contribution in [2.24, 2.45) is 11.5 Å². The minimum atomic E-state index is 0.188. The van der Waals surface area contributed by atoms with Gasteiger partial charge in [0.1, 0.15) is 0 Å². The summed E-state index contributed by atoms with van der Waals surface area (Å²) in [6.07, 6.45) is 3.06. The van der Waals surface area contributed by atoms with E-state index in [2.05, 4.69) is 12.1 Å². The quantitative estimate of drug-likeness (QED) is 0.353. The number of amidine groups is 2. The summed E-state index contributed by atoms with van der Waals surface area (Å²) in [5.74, 6) is 1.78. The Hall–Kier alpha value is -0.660. The van der Waals surface area contributed by atoms with E-state index in [4.69, 9.17) is 22.3 Å². The first-order valence-electron chi connectivity index (χ1n) is 5.59. The molecule has 0 bridgehead atoms. The molecule has 6 N–H and O–H groups in total. The fourth-order valence-electron chi connectivity index (χ4n) is 1.38. The van der Waals surface area contributed by atoms with Crippen molar-refractivity contribution in [1.82, 2.24) is 0 Å². The lowest BCUT2D eigenvalue weighted by molar-refractivity contribution is 0.954. The van der Waals surface area contributed by atoms with Crippen LogP contribution in [0, 0.1) is 10.8 Å². The molecule has 7 heteroatoms. The van der Waals surface area contributed by atoms with Crippen LogP contribution in [0.2, 0.25) is 0 Å². The molecule has 0 amide bonds. The van der Waals surface area contributed by atoms with Gasteiger partial charge in [-0.1, -0.05) is 23.5 Å². The van der Waals surface area contributed by atoms with E-state index in [-0.39, 0.29) is 10.3 Å². The van der Waals surface area contributed by atoms with Crippen LogP contribution >= 0.6 is 34.9 Å². The van der Waals surface area contributed by atoms with Crippen LogP contribution in [0.4, 0.5) is 0 Å². The highest BCUT2D eigenvalue weighted by molar-refractivity contribution is 8.13. The third-order valence-electron chi connectivity index (χ3n) is 2.15. The van der Waals surface area contributed by atoms with Crippen molar-refractivity contribution in [1.29, 1.82) is 10.8 Å². The zero-order chi connectivity index (χ0) is 13.4. The molecule has 1 aromatic heterocycles. The van der Waals surface area contributed by atoms with Crippen LogP contribution in [0.3, 0.4) is 0 Å². The van der Waals surface area contributed by atoms with Crippen molar-refractivity contribution >= 4 is 45.2 Å². The molecule has 0 atom stereocenters. The van der Waals surface area contributed by atoms with Crippen LogP contribution in [-0.4, -0.2) is 21.8 Å². The molecular weight excluding hydrogens is 284 g/mol. The zero-order valence-electron chi connectivity index (χ0n) is 10.1. The number of nitrogens with one attached hydrogen (secondary N) is 2. The Morgan fingerprint density at radius 2 is 1.56 bits per heavy atom. The number of nitrogens with two attached hydrogens (primary N) is 2. The van der Waals surface area contributed by atoms with Crippen LogP contribution in [0.25, 0.3) is 0 Å². The fraction of sp³-hybridized carbons (Fsp3) is 0.455. The average Bonchev–Trinajstić information content (AvgIpc) is 2.72. The van der Waals surface area contributed by atoms with Crippen LogP contribution in [0.5, 0.6) is 0 Å². The summed E-state index contributed by atoms with van der Waals surface area (Å²) in [6.45, 7) is 0. The molecule has 4 nitrogen and oxygen atoms in total. The topological polar surface area (TPSA) is 99.7 Å². The summed E-state index contributed by atoms with van der Waals surface area (Å²) in [5, 5.41) is 14.6. The van der Waals surface area contributed by atoms with E-state index in [1.165, 1.54) is 33.3 Å². The number of hydrogen-bond acceptors (Lipinski definition) is 5. The predicted molar refractivity (Wildman–Crippen MR) is 85.1 cm³/mol. The van der Waals surface area contributed by atoms with Crippen molar-refractivity contribution in [3.63, 3.8) is 0 Å². The lowest BCUT2D eigenvalue weighted by Gasteiger charge is -1.98. The SMILES string of the molecule is N=C(N)SCCCc1ccc(CCSC(=N)N)s1. The van der Waals surface area contributed by atoms with Crippen LogP contribution in [0.15, 0.2) is 12.1 Å². The van der Waals surface area contributed by atoms with Crippen molar-refractivity contribution in [3.8, 4) is 0 Å². The number of thiophene rings is 1. The molecule has 0 aliphatic carbocycles. The maximum absolute atomic E-state index is 7.13. The molecule has 0 spiro atoms. The Balaban J connectivity index is 2.21. The second-order valence-electron chi connectivity index (χ2n) is 3.65. The summed E-state index contributed by atoms with van der Waals surface area (Å²) < 4.78 is 0. The van der Waals surface area contributed by atoms with Gasteiger partial charge < -0.3 is 11.5 Å². The molecule has 0 aliphatic rings. The van der Waals surface area contributed by atoms with Crippen molar-refractivity contribution in [2.75, 3.05) is 11.5 Å². The fourth-order valence-corrected chi connectivity index (χ4v) is 3.62. The van der Waals surface area contributed by atoms with Gasteiger partial charge >= 0.3 is 0 Å². The van der Waals surface area contributed by atoms with E-state index < -0.39 is 0 Å². The lowest BCUT2D eigenvalue weighted by atomic mass is 10.3. The summed E-state index contributed by atoms with van der Waals surface area (Å²) in [5.41, 5.74) is 10.6. The molecule has 0 unspecified atom stereocenters. The smallest absolute Gasteiger partial charge is 0.151 e. The normalized spacial score (nSPS) is 10.4. The van der Waals surface area contributed by atoms with Gasteiger partial charge in [0.2, 0.25) is 0 Å². The lowest BCUT2D eigenvalue weighted by Crippen LogP contribution is -2.05. The molecule has 0 saturated heterocycles. The molecular formula is C11H18N4S3. The van der Waals surface area contributed by atoms with E-state index >= 15 is 0 Å². The molecule has 1 heterocycles. The first-order valence-corrected chi connectivity index (χ1v) is 8.38. The monoisotopic (exact) mass is 302 g/mol. The van der Waals surface area contributed by atoms with Gasteiger partial charge in [-0.15, -0.1) is 11.3 Å². The molecule has 1 aromatic rings. The van der Waals surface area contributed by atoms with Crippen LogP contribution < -0.4 is 11.5 Å². The van der Waals surface area contributed by atoms with Gasteiger partial charge in [-0.05, 0) is 31.4 Å². The van der Waals surface area contributed by atoms with Gasteiger partial charge in [0, 0.05) is 21.3 Å². The highest BCUT2D eigenvalue weighted by Gasteiger charge is 2.01. The minimum Gasteiger partial charge on any atom is -0.379 e. The van der Waals surface area contributed by atoms with E-state index in [1.807, 2.05) is 11.3 Å². The second kappa shape index (κ2) is 8.44. The van der Waals surface area contributed by atoms with E-state index in [9.17, 15) is 0 Å². The Kier molecular flexibility index (Phi) is 7.22. The number of aryl methyl sites for hydroxylation is 2. The average molecular weight is 302 g/mol. The molecule has 0 saturated carbocycles. The minimum absolute atomic E-state index is 0.188. The standard InChI is InChI=1S/C11H18N4S3/c12-10(13)16-6-1-2-8-3-4-9(18-8)5-7-17-11(14)15/h3-4H,1-2,5-7H2,(H3,12,13)(H3,14,15). The summed E-state index contributed by atoms with van der Waals surface area (Å²) >= 11 is 4.61. The van der Waals surface area contributed by atoms with Gasteiger partial charge in [0.25, 0.3) is 0 Å². The van der Waals surface area contributed by atoms with Gasteiger partial charge in [0.05, 0.1) is 0 Å². The maximum atomic E-state index is 7.13. The Labute approximate surface area is 120 Å². The maximum Gasteiger partial charge on any atom is 0.151 e. The molecule has 1 rings (SSSR count). The largest absolute Gasteiger partial charge is 0.379 e. The number of rotatable bonds is 7. The van der Waals surface area contributed by atoms with Crippen molar-refractivity contribution in [2.45, 2.75) is 19.3 Å². The molecule has 0 radical (unpaired) electrons. The highest BCUT2D eigenvalue weighted by Crippen LogP contribution is 2.20. The summed E-state index contributed by atoms with van der Waals surface area (Å²) in [4.78, 5) is 2.72. The molecule has 0 aromatic carbocycles. The number of hydrogen-bond donors (Lipinski definition) is 4. The Bertz CT molecular complexity index is 403. The van der Waals surface area contributed by atoms with E-state index in [1.54, 1.807) is 0 Å². The van der Waals surface area contributed by atoms with Crippen LogP contribution in [-0.2, 0) is 12.8 Å². The first-order chi connectivity index (χ1) is 8.58.